The van der Waals surface area contributed by atoms with Crippen LogP contribution in [-0.4, -0.2) is 14.4 Å². The first kappa shape index (κ1) is 28.7. The predicted octanol–water partition coefficient (Wildman–Crippen LogP) is 10.4. The van der Waals surface area contributed by atoms with Gasteiger partial charge >= 0.3 is 0 Å². The number of rotatable bonds is 7. The number of hydrogen-bond donors (Lipinski definition) is 0. The molecule has 0 spiro atoms. The van der Waals surface area contributed by atoms with E-state index in [2.05, 4.69) is 92.4 Å². The van der Waals surface area contributed by atoms with E-state index < -0.39 is 8.32 Å². The second-order valence-corrected chi connectivity index (χ2v) is 19.0. The third-order valence-corrected chi connectivity index (χ3v) is 15.0. The predicted molar refractivity (Wildman–Crippen MR) is 157 cm³/mol. The Labute approximate surface area is 219 Å². The fourth-order valence-electron chi connectivity index (χ4n) is 6.49. The lowest BCUT2D eigenvalue weighted by Crippen LogP contribution is -2.44. The summed E-state index contributed by atoms with van der Waals surface area (Å²) in [6, 6.07) is 0. The summed E-state index contributed by atoms with van der Waals surface area (Å²) in [7, 11) is -1.74. The Balaban J connectivity index is 1.70. The SMILES string of the molecule is C=C1CC[C@H](O[Si](C)(C)C(C)(C)C)C/C1=C/C=C1\CCC[C@]2(C)C(C/C=C/C(C)C(C)C)CCC12. The van der Waals surface area contributed by atoms with E-state index in [-0.39, 0.29) is 5.04 Å². The van der Waals surface area contributed by atoms with Crippen molar-refractivity contribution in [2.45, 2.75) is 130 Å². The lowest BCUT2D eigenvalue weighted by Gasteiger charge is -2.42. The zero-order valence-corrected chi connectivity index (χ0v) is 25.7. The number of hydrogen-bond acceptors (Lipinski definition) is 1. The summed E-state index contributed by atoms with van der Waals surface area (Å²) in [5.41, 5.74) is 4.98. The molecule has 1 nitrogen and oxygen atoms in total. The topological polar surface area (TPSA) is 9.23 Å². The van der Waals surface area contributed by atoms with Crippen LogP contribution in [0.3, 0.4) is 0 Å². The van der Waals surface area contributed by atoms with Crippen molar-refractivity contribution < 1.29 is 4.43 Å². The van der Waals surface area contributed by atoms with Gasteiger partial charge in [-0.25, -0.2) is 0 Å². The van der Waals surface area contributed by atoms with E-state index >= 15 is 0 Å². The molecule has 0 heterocycles. The van der Waals surface area contributed by atoms with E-state index in [1.54, 1.807) is 5.57 Å². The van der Waals surface area contributed by atoms with Gasteiger partial charge in [-0.1, -0.05) is 90.5 Å². The van der Waals surface area contributed by atoms with Gasteiger partial charge in [0.25, 0.3) is 0 Å². The van der Waals surface area contributed by atoms with Gasteiger partial charge in [-0.15, -0.1) is 0 Å². The van der Waals surface area contributed by atoms with Crippen LogP contribution >= 0.6 is 0 Å². The molecule has 3 rings (SSSR count). The summed E-state index contributed by atoms with van der Waals surface area (Å²) >= 11 is 0. The van der Waals surface area contributed by atoms with Crippen LogP contribution in [0.15, 0.2) is 47.6 Å². The lowest BCUT2D eigenvalue weighted by atomic mass is 9.63. The van der Waals surface area contributed by atoms with Crippen LogP contribution in [0.4, 0.5) is 0 Å². The molecule has 198 valence electrons. The zero-order valence-electron chi connectivity index (χ0n) is 24.7. The average molecular weight is 497 g/mol. The molecule has 0 saturated heterocycles. The molecule has 0 N–H and O–H groups in total. The molecule has 0 aliphatic heterocycles. The Morgan fingerprint density at radius 3 is 2.46 bits per heavy atom. The first-order valence-corrected chi connectivity index (χ1v) is 17.6. The van der Waals surface area contributed by atoms with Crippen LogP contribution < -0.4 is 0 Å². The molecule has 3 unspecified atom stereocenters. The maximum absolute atomic E-state index is 6.81. The molecule has 0 amide bonds. The van der Waals surface area contributed by atoms with Crippen molar-refractivity contribution in [1.82, 2.24) is 0 Å². The highest BCUT2D eigenvalue weighted by molar-refractivity contribution is 6.74. The van der Waals surface area contributed by atoms with Crippen LogP contribution in [0, 0.1) is 29.1 Å². The summed E-state index contributed by atoms with van der Waals surface area (Å²) in [6.45, 7) is 25.9. The first-order chi connectivity index (χ1) is 16.2. The smallest absolute Gasteiger partial charge is 0.192 e. The van der Waals surface area contributed by atoms with Crippen molar-refractivity contribution in [3.63, 3.8) is 0 Å². The van der Waals surface area contributed by atoms with Gasteiger partial charge in [-0.3, -0.25) is 0 Å². The van der Waals surface area contributed by atoms with Crippen molar-refractivity contribution in [1.29, 1.82) is 0 Å². The fourth-order valence-corrected chi connectivity index (χ4v) is 7.88. The van der Waals surface area contributed by atoms with E-state index in [1.807, 2.05) is 0 Å². The number of allylic oxidation sites excluding steroid dienone is 6. The van der Waals surface area contributed by atoms with Gasteiger partial charge in [-0.2, -0.15) is 0 Å². The minimum absolute atomic E-state index is 0.265. The monoisotopic (exact) mass is 496 g/mol. The Bertz CT molecular complexity index is 836. The van der Waals surface area contributed by atoms with Crippen LogP contribution in [0.5, 0.6) is 0 Å². The standard InChI is InChI=1S/C33H56OSi/c1-24(2)25(3)13-11-15-29-19-21-31-27(14-12-22-33(29,31)8)17-18-28-23-30(20-16-26(28)4)34-35(9,10)32(5,6)7/h11,13,17-18,24-25,29-31H,4,12,14-16,19-23H2,1-3,5-10H3/b13-11+,27-17+,28-18-/t25?,29?,30-,31?,33+/m0/s1. The molecule has 5 atom stereocenters. The molecule has 3 fully saturated rings. The van der Waals surface area contributed by atoms with Gasteiger partial charge in [0, 0.05) is 6.10 Å². The van der Waals surface area contributed by atoms with Crippen LogP contribution in [0.1, 0.15) is 106 Å². The minimum Gasteiger partial charge on any atom is -0.414 e. The van der Waals surface area contributed by atoms with E-state index in [0.717, 1.165) is 37.0 Å². The minimum atomic E-state index is -1.74. The molecule has 0 bridgehead atoms. The molecule has 3 saturated carbocycles. The molecular weight excluding hydrogens is 440 g/mol. The quantitative estimate of drug-likeness (QED) is 0.251. The van der Waals surface area contributed by atoms with Crippen LogP contribution in [-0.2, 0) is 4.43 Å². The zero-order chi connectivity index (χ0) is 26.0. The maximum Gasteiger partial charge on any atom is 0.192 e. The summed E-state index contributed by atoms with van der Waals surface area (Å²) < 4.78 is 6.81. The van der Waals surface area contributed by atoms with Gasteiger partial charge in [0.05, 0.1) is 0 Å². The van der Waals surface area contributed by atoms with E-state index in [9.17, 15) is 0 Å². The first-order valence-electron chi connectivity index (χ1n) is 14.7. The molecule has 2 heteroatoms. The van der Waals surface area contributed by atoms with E-state index in [1.165, 1.54) is 49.7 Å². The Kier molecular flexibility index (Phi) is 9.23. The second kappa shape index (κ2) is 11.3. The molecular formula is C33H56OSi. The van der Waals surface area contributed by atoms with Crippen molar-refractivity contribution in [2.75, 3.05) is 0 Å². The van der Waals surface area contributed by atoms with Crippen molar-refractivity contribution in [2.24, 2.45) is 29.1 Å². The van der Waals surface area contributed by atoms with Crippen LogP contribution in [0.2, 0.25) is 18.1 Å². The van der Waals surface area contributed by atoms with Crippen LogP contribution in [0.25, 0.3) is 0 Å². The molecule has 35 heavy (non-hydrogen) atoms. The average Bonchev–Trinajstić information content (AvgIpc) is 3.09. The molecule has 3 aliphatic carbocycles. The van der Waals surface area contributed by atoms with Crippen molar-refractivity contribution in [3.8, 4) is 0 Å². The Hall–Kier alpha value is -0.863. The lowest BCUT2D eigenvalue weighted by molar-refractivity contribution is 0.137. The highest BCUT2D eigenvalue weighted by atomic mass is 28.4. The fraction of sp³-hybridized carbons (Fsp3) is 0.758. The van der Waals surface area contributed by atoms with E-state index in [4.69, 9.17) is 4.43 Å². The Morgan fingerprint density at radius 2 is 1.80 bits per heavy atom. The third-order valence-electron chi connectivity index (χ3n) is 10.5. The Morgan fingerprint density at radius 1 is 1.09 bits per heavy atom. The molecule has 0 aromatic carbocycles. The summed E-state index contributed by atoms with van der Waals surface area (Å²) in [5, 5.41) is 0.265. The van der Waals surface area contributed by atoms with E-state index in [0.29, 0.717) is 17.4 Å². The highest BCUT2D eigenvalue weighted by Gasteiger charge is 2.48. The summed E-state index contributed by atoms with van der Waals surface area (Å²) in [4.78, 5) is 0. The van der Waals surface area contributed by atoms with Gasteiger partial charge in [0.2, 0.25) is 0 Å². The van der Waals surface area contributed by atoms with Gasteiger partial charge in [0.1, 0.15) is 0 Å². The summed E-state index contributed by atoms with van der Waals surface area (Å²) in [5.74, 6) is 3.02. The summed E-state index contributed by atoms with van der Waals surface area (Å²) in [6.07, 6.45) is 21.6. The van der Waals surface area contributed by atoms with Gasteiger partial charge in [0.15, 0.2) is 8.32 Å². The molecule has 0 radical (unpaired) electrons. The van der Waals surface area contributed by atoms with Gasteiger partial charge < -0.3 is 4.43 Å². The normalized spacial score (nSPS) is 33.8. The van der Waals surface area contributed by atoms with Gasteiger partial charge in [-0.05, 0) is 111 Å². The third kappa shape index (κ3) is 6.72. The second-order valence-electron chi connectivity index (χ2n) is 14.2. The molecule has 3 aliphatic rings. The highest BCUT2D eigenvalue weighted by Crippen LogP contribution is 2.58. The molecule has 0 aromatic rings. The van der Waals surface area contributed by atoms with Crippen molar-refractivity contribution in [3.05, 3.63) is 47.6 Å². The van der Waals surface area contributed by atoms with Crippen molar-refractivity contribution >= 4 is 8.32 Å². The maximum atomic E-state index is 6.81. The molecule has 0 aromatic heterocycles. The largest absolute Gasteiger partial charge is 0.414 e. The number of fused-ring (bicyclic) bond motifs is 1.